The van der Waals surface area contributed by atoms with Gasteiger partial charge < -0.3 is 10.6 Å². The number of carbonyl (C=O) groups is 1. The quantitative estimate of drug-likeness (QED) is 0.834. The Labute approximate surface area is 132 Å². The second-order valence-corrected chi connectivity index (χ2v) is 5.53. The van der Waals surface area contributed by atoms with Gasteiger partial charge in [-0.25, -0.2) is 0 Å². The Bertz CT molecular complexity index is 650. The van der Waals surface area contributed by atoms with Gasteiger partial charge in [0.15, 0.2) is 0 Å². The summed E-state index contributed by atoms with van der Waals surface area (Å²) in [6.07, 6.45) is 1.36. The van der Waals surface area contributed by atoms with Crippen LogP contribution in [0.25, 0.3) is 0 Å². The summed E-state index contributed by atoms with van der Waals surface area (Å²) in [6.45, 7) is 6.90. The molecule has 116 valence electrons. The molecule has 2 N–H and O–H groups in total. The van der Waals surface area contributed by atoms with Crippen LogP contribution in [-0.2, 0) is 11.2 Å². The molecule has 0 fully saturated rings. The number of rotatable bonds is 6. The topological polar surface area (TPSA) is 41.1 Å². The monoisotopic (exact) mass is 296 g/mol. The molecule has 0 aliphatic rings. The third-order valence-electron chi connectivity index (χ3n) is 3.86. The number of para-hydroxylation sites is 1. The van der Waals surface area contributed by atoms with Gasteiger partial charge in [-0.2, -0.15) is 0 Å². The van der Waals surface area contributed by atoms with Crippen LogP contribution in [0.1, 0.15) is 30.0 Å². The Morgan fingerprint density at radius 3 is 2.55 bits per heavy atom. The highest BCUT2D eigenvalue weighted by Gasteiger charge is 2.05. The van der Waals surface area contributed by atoms with E-state index in [4.69, 9.17) is 0 Å². The molecule has 3 nitrogen and oxygen atoms in total. The van der Waals surface area contributed by atoms with Gasteiger partial charge in [0.05, 0.1) is 0 Å². The number of benzene rings is 2. The van der Waals surface area contributed by atoms with Gasteiger partial charge in [0.2, 0.25) is 5.91 Å². The number of hydrogen-bond donors (Lipinski definition) is 2. The molecule has 0 radical (unpaired) electrons. The standard InChI is InChI=1S/C19H24N2O/c1-4-16-7-5-6-8-18(16)21-19(22)11-12-20-17-10-9-14(2)15(3)13-17/h5-10,13,20H,4,11-12H2,1-3H3,(H,21,22). The molecule has 0 aliphatic heterocycles. The maximum Gasteiger partial charge on any atom is 0.226 e. The average Bonchev–Trinajstić information content (AvgIpc) is 2.51. The maximum absolute atomic E-state index is 12.0. The molecule has 3 heteroatoms. The third kappa shape index (κ3) is 4.35. The number of anilines is 2. The van der Waals surface area contributed by atoms with E-state index in [9.17, 15) is 4.79 Å². The molecule has 0 heterocycles. The van der Waals surface area contributed by atoms with E-state index in [2.05, 4.69) is 43.5 Å². The second kappa shape index (κ2) is 7.64. The number of carbonyl (C=O) groups excluding carboxylic acids is 1. The molecule has 2 aromatic carbocycles. The van der Waals surface area contributed by atoms with Gasteiger partial charge in [-0.05, 0) is 55.2 Å². The van der Waals surface area contributed by atoms with Crippen LogP contribution in [0.15, 0.2) is 42.5 Å². The van der Waals surface area contributed by atoms with E-state index in [1.54, 1.807) is 0 Å². The lowest BCUT2D eigenvalue weighted by Gasteiger charge is -2.11. The predicted octanol–water partition coefficient (Wildman–Crippen LogP) is 4.31. The van der Waals surface area contributed by atoms with Gasteiger partial charge in [-0.3, -0.25) is 4.79 Å². The van der Waals surface area contributed by atoms with E-state index in [-0.39, 0.29) is 5.91 Å². The fourth-order valence-electron chi connectivity index (χ4n) is 2.34. The zero-order chi connectivity index (χ0) is 15.9. The van der Waals surface area contributed by atoms with E-state index in [1.165, 1.54) is 11.1 Å². The van der Waals surface area contributed by atoms with Crippen LogP contribution in [0.4, 0.5) is 11.4 Å². The number of nitrogens with one attached hydrogen (secondary N) is 2. The second-order valence-electron chi connectivity index (χ2n) is 5.53. The Hall–Kier alpha value is -2.29. The lowest BCUT2D eigenvalue weighted by molar-refractivity contribution is -0.115. The van der Waals surface area contributed by atoms with Crippen molar-refractivity contribution in [2.75, 3.05) is 17.2 Å². The summed E-state index contributed by atoms with van der Waals surface area (Å²) in [5.41, 5.74) is 5.68. The van der Waals surface area contributed by atoms with Gasteiger partial charge in [0.25, 0.3) is 0 Å². The van der Waals surface area contributed by atoms with E-state index in [0.29, 0.717) is 13.0 Å². The van der Waals surface area contributed by atoms with Crippen LogP contribution in [-0.4, -0.2) is 12.5 Å². The molecule has 0 saturated carbocycles. The molecule has 2 aromatic rings. The zero-order valence-electron chi connectivity index (χ0n) is 13.6. The van der Waals surface area contributed by atoms with Gasteiger partial charge in [0.1, 0.15) is 0 Å². The van der Waals surface area contributed by atoms with E-state index >= 15 is 0 Å². The van der Waals surface area contributed by atoms with Crippen LogP contribution >= 0.6 is 0 Å². The van der Waals surface area contributed by atoms with Crippen LogP contribution in [0.5, 0.6) is 0 Å². The van der Waals surface area contributed by atoms with Crippen molar-refractivity contribution in [3.8, 4) is 0 Å². The van der Waals surface area contributed by atoms with Crippen LogP contribution in [0.2, 0.25) is 0 Å². The first-order valence-electron chi connectivity index (χ1n) is 7.79. The zero-order valence-corrected chi connectivity index (χ0v) is 13.6. The molecule has 0 atom stereocenters. The van der Waals surface area contributed by atoms with Gasteiger partial charge in [-0.15, -0.1) is 0 Å². The van der Waals surface area contributed by atoms with Crippen molar-refractivity contribution in [3.63, 3.8) is 0 Å². The molecular weight excluding hydrogens is 272 g/mol. The van der Waals surface area contributed by atoms with Gasteiger partial charge in [0, 0.05) is 24.3 Å². The van der Waals surface area contributed by atoms with Crippen molar-refractivity contribution in [2.45, 2.75) is 33.6 Å². The van der Waals surface area contributed by atoms with Crippen molar-refractivity contribution in [3.05, 3.63) is 59.2 Å². The van der Waals surface area contributed by atoms with E-state index in [1.807, 2.05) is 30.3 Å². The summed E-state index contributed by atoms with van der Waals surface area (Å²) in [6, 6.07) is 14.2. The smallest absolute Gasteiger partial charge is 0.226 e. The molecular formula is C19H24N2O. The van der Waals surface area contributed by atoms with Crippen molar-refractivity contribution >= 4 is 17.3 Å². The molecule has 0 spiro atoms. The normalized spacial score (nSPS) is 10.3. The third-order valence-corrected chi connectivity index (χ3v) is 3.86. The lowest BCUT2D eigenvalue weighted by atomic mass is 10.1. The minimum atomic E-state index is 0.0391. The Morgan fingerprint density at radius 1 is 1.05 bits per heavy atom. The minimum absolute atomic E-state index is 0.0391. The maximum atomic E-state index is 12.0. The average molecular weight is 296 g/mol. The van der Waals surface area contributed by atoms with Crippen molar-refractivity contribution in [2.24, 2.45) is 0 Å². The van der Waals surface area contributed by atoms with Crippen LogP contribution in [0.3, 0.4) is 0 Å². The van der Waals surface area contributed by atoms with Gasteiger partial charge >= 0.3 is 0 Å². The highest BCUT2D eigenvalue weighted by atomic mass is 16.1. The van der Waals surface area contributed by atoms with Gasteiger partial charge in [-0.1, -0.05) is 31.2 Å². The first-order valence-corrected chi connectivity index (χ1v) is 7.79. The predicted molar refractivity (Wildman–Crippen MR) is 93.5 cm³/mol. The molecule has 1 amide bonds. The molecule has 0 unspecified atom stereocenters. The summed E-state index contributed by atoms with van der Waals surface area (Å²) < 4.78 is 0. The summed E-state index contributed by atoms with van der Waals surface area (Å²) in [7, 11) is 0. The van der Waals surface area contributed by atoms with Crippen molar-refractivity contribution in [1.82, 2.24) is 0 Å². The van der Waals surface area contributed by atoms with E-state index < -0.39 is 0 Å². The molecule has 22 heavy (non-hydrogen) atoms. The number of aryl methyl sites for hydroxylation is 3. The lowest BCUT2D eigenvalue weighted by Crippen LogP contribution is -2.17. The van der Waals surface area contributed by atoms with Crippen molar-refractivity contribution < 1.29 is 4.79 Å². The molecule has 0 aliphatic carbocycles. The first-order chi connectivity index (χ1) is 10.6. The highest BCUT2D eigenvalue weighted by Crippen LogP contribution is 2.16. The fraction of sp³-hybridized carbons (Fsp3) is 0.316. The first kappa shape index (κ1) is 16.1. The highest BCUT2D eigenvalue weighted by molar-refractivity contribution is 5.91. The molecule has 0 aromatic heterocycles. The summed E-state index contributed by atoms with van der Waals surface area (Å²) in [5.74, 6) is 0.0391. The summed E-state index contributed by atoms with van der Waals surface area (Å²) >= 11 is 0. The minimum Gasteiger partial charge on any atom is -0.385 e. The molecule has 0 bridgehead atoms. The summed E-state index contributed by atoms with van der Waals surface area (Å²) in [5, 5.41) is 6.29. The fourth-order valence-corrected chi connectivity index (χ4v) is 2.34. The largest absolute Gasteiger partial charge is 0.385 e. The SMILES string of the molecule is CCc1ccccc1NC(=O)CCNc1ccc(C)c(C)c1. The Balaban J connectivity index is 1.84. The molecule has 2 rings (SSSR count). The van der Waals surface area contributed by atoms with E-state index in [0.717, 1.165) is 23.4 Å². The molecule has 0 saturated heterocycles. The Kier molecular flexibility index (Phi) is 5.59. The van der Waals surface area contributed by atoms with Crippen LogP contribution in [0, 0.1) is 13.8 Å². The Morgan fingerprint density at radius 2 is 1.82 bits per heavy atom. The number of hydrogen-bond acceptors (Lipinski definition) is 2. The number of amides is 1. The summed E-state index contributed by atoms with van der Waals surface area (Å²) in [4.78, 5) is 12.0. The van der Waals surface area contributed by atoms with Crippen LogP contribution < -0.4 is 10.6 Å². The van der Waals surface area contributed by atoms with Crippen molar-refractivity contribution in [1.29, 1.82) is 0 Å².